The zero-order valence-corrected chi connectivity index (χ0v) is 23.3. The second-order valence-electron chi connectivity index (χ2n) is 9.91. The standard InChI is InChI=1S/C31H30N4O5S/c36-29-28(19-22-20-34(26-10-5-4-9-25(22)26)21-24-11-12-27(40-24)30(37)38)41-31(32-23-7-2-1-3-8-23)35(29)14-6-13-33-15-17-39-18-16-33/h1-5,7-12,19-20H,6,13-18,21H2,(H,37,38)/b28-19-,32-31?. The number of furan rings is 1. The number of aromatic nitrogens is 1. The van der Waals surface area contributed by atoms with E-state index >= 15 is 0 Å². The fraction of sp³-hybridized carbons (Fsp3) is 0.258. The molecule has 4 heterocycles. The van der Waals surface area contributed by atoms with Crippen LogP contribution in [0.3, 0.4) is 0 Å². The van der Waals surface area contributed by atoms with Gasteiger partial charge in [-0.25, -0.2) is 9.79 Å². The van der Waals surface area contributed by atoms with Crippen molar-refractivity contribution in [1.29, 1.82) is 0 Å². The number of nitrogens with zero attached hydrogens (tertiary/aromatic N) is 4. The van der Waals surface area contributed by atoms with Crippen LogP contribution in [-0.4, -0.2) is 75.9 Å². The third-order valence-electron chi connectivity index (χ3n) is 7.13. The number of hydrogen-bond acceptors (Lipinski definition) is 7. The maximum absolute atomic E-state index is 13.7. The van der Waals surface area contributed by atoms with Gasteiger partial charge < -0.3 is 18.8 Å². The number of carboxylic acids is 1. The first-order valence-electron chi connectivity index (χ1n) is 13.6. The zero-order chi connectivity index (χ0) is 28.2. The highest BCUT2D eigenvalue weighted by atomic mass is 32.2. The van der Waals surface area contributed by atoms with Gasteiger partial charge in [0.2, 0.25) is 5.76 Å². The monoisotopic (exact) mass is 570 g/mol. The molecule has 2 aliphatic heterocycles. The molecule has 6 rings (SSSR count). The van der Waals surface area contributed by atoms with Gasteiger partial charge in [0.25, 0.3) is 5.91 Å². The number of carbonyl (C=O) groups is 2. The van der Waals surface area contributed by atoms with Crippen LogP contribution in [0, 0.1) is 0 Å². The molecule has 0 radical (unpaired) electrons. The van der Waals surface area contributed by atoms with E-state index in [0.717, 1.165) is 61.4 Å². The fourth-order valence-electron chi connectivity index (χ4n) is 5.09. The Morgan fingerprint density at radius 2 is 1.78 bits per heavy atom. The molecule has 2 aromatic heterocycles. The number of aliphatic imine (C=N–C) groups is 1. The van der Waals surface area contributed by atoms with Crippen LogP contribution in [-0.2, 0) is 16.1 Å². The number of para-hydroxylation sites is 2. The third-order valence-corrected chi connectivity index (χ3v) is 8.14. The van der Waals surface area contributed by atoms with Gasteiger partial charge in [-0.15, -0.1) is 0 Å². The molecule has 2 aromatic carbocycles. The largest absolute Gasteiger partial charge is 0.475 e. The van der Waals surface area contributed by atoms with Gasteiger partial charge in [-0.1, -0.05) is 36.4 Å². The maximum atomic E-state index is 13.7. The Labute approximate surface area is 241 Å². The Morgan fingerprint density at radius 1 is 1.00 bits per heavy atom. The number of carboxylic acid groups (broad SMARTS) is 1. The van der Waals surface area contributed by atoms with Crippen molar-refractivity contribution in [3.8, 4) is 0 Å². The lowest BCUT2D eigenvalue weighted by molar-refractivity contribution is -0.122. The first-order chi connectivity index (χ1) is 20.0. The molecule has 0 bridgehead atoms. The summed E-state index contributed by atoms with van der Waals surface area (Å²) in [4.78, 5) is 34.6. The minimum atomic E-state index is -1.10. The zero-order valence-electron chi connectivity index (χ0n) is 22.4. The van der Waals surface area contributed by atoms with Crippen LogP contribution in [0.15, 0.2) is 87.2 Å². The molecule has 210 valence electrons. The quantitative estimate of drug-likeness (QED) is 0.272. The number of aromatic carboxylic acids is 1. The first-order valence-corrected chi connectivity index (χ1v) is 14.4. The SMILES string of the molecule is O=C(O)c1ccc(Cn2cc(/C=C3\SC(=Nc4ccccc4)N(CCCN4CCOCC4)C3=O)c3ccccc32)o1. The molecule has 0 aliphatic carbocycles. The molecule has 0 saturated carbocycles. The summed E-state index contributed by atoms with van der Waals surface area (Å²) in [6.07, 6.45) is 4.75. The van der Waals surface area contributed by atoms with Crippen molar-refractivity contribution in [2.75, 3.05) is 39.4 Å². The number of hydrogen-bond donors (Lipinski definition) is 1. The van der Waals surface area contributed by atoms with Gasteiger partial charge in [0.15, 0.2) is 5.17 Å². The summed E-state index contributed by atoms with van der Waals surface area (Å²) in [7, 11) is 0. The normalized spacial score (nSPS) is 18.2. The van der Waals surface area contributed by atoms with Gasteiger partial charge in [-0.05, 0) is 54.6 Å². The summed E-state index contributed by atoms with van der Waals surface area (Å²) in [5.41, 5.74) is 2.66. The lowest BCUT2D eigenvalue weighted by Gasteiger charge is -2.27. The molecule has 2 saturated heterocycles. The van der Waals surface area contributed by atoms with Gasteiger partial charge in [-0.3, -0.25) is 14.6 Å². The first kappa shape index (κ1) is 27.1. The molecular weight excluding hydrogens is 540 g/mol. The fourth-order valence-corrected chi connectivity index (χ4v) is 6.10. The number of carbonyl (C=O) groups excluding carboxylic acids is 1. The number of morpholine rings is 1. The van der Waals surface area contributed by atoms with Gasteiger partial charge >= 0.3 is 5.97 Å². The Bertz CT molecular complexity index is 1620. The van der Waals surface area contributed by atoms with Gasteiger partial charge in [0.05, 0.1) is 30.4 Å². The van der Waals surface area contributed by atoms with E-state index in [1.54, 1.807) is 11.0 Å². The predicted molar refractivity (Wildman–Crippen MR) is 159 cm³/mol. The van der Waals surface area contributed by atoms with E-state index in [9.17, 15) is 14.7 Å². The molecule has 1 N–H and O–H groups in total. The van der Waals surface area contributed by atoms with E-state index < -0.39 is 5.97 Å². The Balaban J connectivity index is 1.28. The van der Waals surface area contributed by atoms with Gasteiger partial charge in [0, 0.05) is 48.8 Å². The van der Waals surface area contributed by atoms with Crippen LogP contribution in [0.5, 0.6) is 0 Å². The second-order valence-corrected chi connectivity index (χ2v) is 10.9. The van der Waals surface area contributed by atoms with E-state index in [1.807, 2.05) is 71.4 Å². The Kier molecular flexibility index (Phi) is 8.04. The Hall–Kier alpha value is -4.12. The highest BCUT2D eigenvalue weighted by Gasteiger charge is 2.33. The summed E-state index contributed by atoms with van der Waals surface area (Å²) >= 11 is 1.39. The number of amides is 1. The van der Waals surface area contributed by atoms with Crippen molar-refractivity contribution in [1.82, 2.24) is 14.4 Å². The molecule has 41 heavy (non-hydrogen) atoms. The van der Waals surface area contributed by atoms with E-state index in [2.05, 4.69) is 4.90 Å². The molecule has 0 unspecified atom stereocenters. The maximum Gasteiger partial charge on any atom is 0.371 e. The average Bonchev–Trinajstić information content (AvgIpc) is 3.68. The van der Waals surface area contributed by atoms with Crippen molar-refractivity contribution in [3.05, 3.63) is 94.9 Å². The van der Waals surface area contributed by atoms with Crippen molar-refractivity contribution in [2.24, 2.45) is 4.99 Å². The molecule has 1 amide bonds. The number of ether oxygens (including phenoxy) is 1. The number of fused-ring (bicyclic) bond motifs is 1. The third kappa shape index (κ3) is 6.14. The van der Waals surface area contributed by atoms with Crippen LogP contribution < -0.4 is 0 Å². The molecule has 10 heteroatoms. The lowest BCUT2D eigenvalue weighted by Crippen LogP contribution is -2.38. The topological polar surface area (TPSA) is 101 Å². The van der Waals surface area contributed by atoms with E-state index in [0.29, 0.717) is 28.9 Å². The van der Waals surface area contributed by atoms with Crippen LogP contribution in [0.25, 0.3) is 17.0 Å². The second kappa shape index (κ2) is 12.2. The number of benzene rings is 2. The van der Waals surface area contributed by atoms with Crippen LogP contribution in [0.1, 0.15) is 28.3 Å². The molecule has 4 aromatic rings. The molecule has 0 atom stereocenters. The van der Waals surface area contributed by atoms with Crippen LogP contribution in [0.2, 0.25) is 0 Å². The summed E-state index contributed by atoms with van der Waals surface area (Å²) < 4.78 is 13.0. The number of rotatable bonds is 9. The average molecular weight is 571 g/mol. The van der Waals surface area contributed by atoms with Crippen molar-refractivity contribution < 1.29 is 23.8 Å². The minimum Gasteiger partial charge on any atom is -0.475 e. The van der Waals surface area contributed by atoms with Crippen LogP contribution >= 0.6 is 11.8 Å². The summed E-state index contributed by atoms with van der Waals surface area (Å²) in [6, 6.07) is 20.8. The highest BCUT2D eigenvalue weighted by Crippen LogP contribution is 2.36. The van der Waals surface area contributed by atoms with E-state index in [4.69, 9.17) is 14.1 Å². The number of thioether (sulfide) groups is 1. The van der Waals surface area contributed by atoms with Crippen LogP contribution in [0.4, 0.5) is 5.69 Å². The Morgan fingerprint density at radius 3 is 2.56 bits per heavy atom. The summed E-state index contributed by atoms with van der Waals surface area (Å²) in [5, 5.41) is 10.9. The molecule has 9 nitrogen and oxygen atoms in total. The van der Waals surface area contributed by atoms with E-state index in [1.165, 1.54) is 17.8 Å². The molecule has 0 spiro atoms. The molecular formula is C31H30N4O5S. The van der Waals surface area contributed by atoms with Crippen molar-refractivity contribution >= 4 is 51.5 Å². The van der Waals surface area contributed by atoms with Gasteiger partial charge in [0.1, 0.15) is 5.76 Å². The lowest BCUT2D eigenvalue weighted by atomic mass is 10.1. The smallest absolute Gasteiger partial charge is 0.371 e. The summed E-state index contributed by atoms with van der Waals surface area (Å²) in [6.45, 7) is 5.18. The van der Waals surface area contributed by atoms with Crippen molar-refractivity contribution in [3.63, 3.8) is 0 Å². The summed E-state index contributed by atoms with van der Waals surface area (Å²) in [5.74, 6) is -0.706. The minimum absolute atomic E-state index is 0.0550. The number of amidine groups is 1. The predicted octanol–water partition coefficient (Wildman–Crippen LogP) is 5.31. The van der Waals surface area contributed by atoms with E-state index in [-0.39, 0.29) is 11.7 Å². The molecule has 2 aliphatic rings. The van der Waals surface area contributed by atoms with Gasteiger partial charge in [-0.2, -0.15) is 0 Å². The highest BCUT2D eigenvalue weighted by molar-refractivity contribution is 8.18. The molecule has 2 fully saturated rings. The van der Waals surface area contributed by atoms with Crippen molar-refractivity contribution in [2.45, 2.75) is 13.0 Å².